The number of nitrogens with zero attached hydrogens (tertiary/aromatic N) is 1. The van der Waals surface area contributed by atoms with Crippen molar-refractivity contribution in [3.8, 4) is 0 Å². The average molecular weight is 402 g/mol. The van der Waals surface area contributed by atoms with E-state index in [1.54, 1.807) is 43.3 Å². The number of imide groups is 1. The second-order valence-corrected chi connectivity index (χ2v) is 7.31. The summed E-state index contributed by atoms with van der Waals surface area (Å²) in [6.07, 6.45) is 0. The van der Waals surface area contributed by atoms with Crippen LogP contribution in [0.25, 0.3) is 0 Å². The van der Waals surface area contributed by atoms with Crippen LogP contribution in [-0.4, -0.2) is 29.4 Å². The van der Waals surface area contributed by atoms with E-state index in [0.29, 0.717) is 10.6 Å². The van der Waals surface area contributed by atoms with Crippen LogP contribution < -0.4 is 16.1 Å². The molecule has 3 rings (SSSR count). The lowest BCUT2D eigenvalue weighted by atomic mass is 9.92. The van der Waals surface area contributed by atoms with E-state index < -0.39 is 23.4 Å². The Hall–Kier alpha value is -2.90. The first-order valence-electron chi connectivity index (χ1n) is 8.92. The Labute approximate surface area is 168 Å². The van der Waals surface area contributed by atoms with Gasteiger partial charge in [-0.3, -0.25) is 15.0 Å². The van der Waals surface area contributed by atoms with Crippen LogP contribution in [-0.2, 0) is 15.1 Å². The fourth-order valence-electron chi connectivity index (χ4n) is 3.06. The number of carbonyl (C=O) groups is 3. The van der Waals surface area contributed by atoms with Crippen molar-refractivity contribution in [2.45, 2.75) is 25.4 Å². The lowest BCUT2D eigenvalue weighted by molar-refractivity contribution is -0.682. The summed E-state index contributed by atoms with van der Waals surface area (Å²) in [5, 5.41) is 5.85. The molecular formula is C20H22ClN4O3+. The molecule has 1 saturated heterocycles. The Balaban J connectivity index is 1.60. The Morgan fingerprint density at radius 3 is 2.46 bits per heavy atom. The summed E-state index contributed by atoms with van der Waals surface area (Å²) in [6.45, 7) is 3.63. The number of benzene rings is 2. The number of halogens is 1. The third kappa shape index (κ3) is 4.00. The summed E-state index contributed by atoms with van der Waals surface area (Å²) in [4.78, 5) is 37.3. The maximum Gasteiger partial charge on any atom is 0.344 e. The van der Waals surface area contributed by atoms with Crippen molar-refractivity contribution < 1.29 is 19.7 Å². The molecule has 0 saturated carbocycles. The number of nitrogens with two attached hydrogens (primary N) is 1. The predicted molar refractivity (Wildman–Crippen MR) is 104 cm³/mol. The van der Waals surface area contributed by atoms with Crippen molar-refractivity contribution in [3.63, 3.8) is 0 Å². The van der Waals surface area contributed by atoms with E-state index in [1.165, 1.54) is 0 Å². The molecule has 2 atom stereocenters. The fraction of sp³-hybridized carbons (Fsp3) is 0.250. The fourth-order valence-corrected chi connectivity index (χ4v) is 3.19. The monoisotopic (exact) mass is 401 g/mol. The highest BCUT2D eigenvalue weighted by Crippen LogP contribution is 2.27. The van der Waals surface area contributed by atoms with Crippen molar-refractivity contribution >= 4 is 29.4 Å². The minimum Gasteiger partial charge on any atom is -0.332 e. The highest BCUT2D eigenvalue weighted by atomic mass is 35.5. The van der Waals surface area contributed by atoms with Crippen LogP contribution in [0.4, 0.5) is 4.79 Å². The highest BCUT2D eigenvalue weighted by Gasteiger charge is 2.50. The molecule has 0 aliphatic carbocycles. The second-order valence-electron chi connectivity index (χ2n) is 6.88. The molecule has 0 radical (unpaired) electrons. The number of urea groups is 1. The van der Waals surface area contributed by atoms with Crippen LogP contribution in [0.2, 0.25) is 5.02 Å². The van der Waals surface area contributed by atoms with Crippen LogP contribution in [0.1, 0.15) is 31.0 Å². The highest BCUT2D eigenvalue weighted by molar-refractivity contribution is 6.30. The lowest BCUT2D eigenvalue weighted by Gasteiger charge is -2.22. The van der Waals surface area contributed by atoms with Crippen LogP contribution >= 0.6 is 11.6 Å². The third-order valence-corrected chi connectivity index (χ3v) is 5.08. The zero-order chi connectivity index (χ0) is 20.3. The van der Waals surface area contributed by atoms with Crippen molar-refractivity contribution in [1.82, 2.24) is 15.8 Å². The van der Waals surface area contributed by atoms with Gasteiger partial charge < -0.3 is 10.6 Å². The Morgan fingerprint density at radius 2 is 1.82 bits per heavy atom. The van der Waals surface area contributed by atoms with E-state index in [4.69, 9.17) is 11.6 Å². The van der Waals surface area contributed by atoms with Gasteiger partial charge in [0.2, 0.25) is 0 Å². The van der Waals surface area contributed by atoms with Gasteiger partial charge in [-0.25, -0.2) is 4.79 Å². The quantitative estimate of drug-likeness (QED) is 0.639. The Kier molecular flexibility index (Phi) is 5.67. The Morgan fingerprint density at radius 1 is 1.18 bits per heavy atom. The van der Waals surface area contributed by atoms with Crippen LogP contribution in [0, 0.1) is 0 Å². The first kappa shape index (κ1) is 19.9. The van der Waals surface area contributed by atoms with E-state index >= 15 is 0 Å². The summed E-state index contributed by atoms with van der Waals surface area (Å²) in [5.41, 5.74) is 2.85. The van der Waals surface area contributed by atoms with Gasteiger partial charge >= 0.3 is 6.03 Å². The van der Waals surface area contributed by atoms with Crippen LogP contribution in [0.15, 0.2) is 54.6 Å². The minimum atomic E-state index is -1.22. The molecule has 8 heteroatoms. The lowest BCUT2D eigenvalue weighted by Crippen LogP contribution is -2.87. The average Bonchev–Trinajstić information content (AvgIpc) is 2.91. The van der Waals surface area contributed by atoms with Crippen molar-refractivity contribution in [1.29, 1.82) is 0 Å². The molecule has 1 aliphatic heterocycles. The molecule has 1 heterocycles. The van der Waals surface area contributed by atoms with Gasteiger partial charge in [0.25, 0.3) is 11.8 Å². The summed E-state index contributed by atoms with van der Waals surface area (Å²) in [5.74, 6) is -0.968. The molecule has 4 amide bonds. The zero-order valence-corrected chi connectivity index (χ0v) is 16.4. The SMILES string of the molecule is C[C@H]([NH2+]CC(=O)NN1C(=O)N[C@](C)(c2ccccc2)C1=O)c1ccc(Cl)cc1. The van der Waals surface area contributed by atoms with Gasteiger partial charge in [0.15, 0.2) is 6.54 Å². The van der Waals surface area contributed by atoms with Crippen LogP contribution in [0.5, 0.6) is 0 Å². The molecule has 0 unspecified atom stereocenters. The smallest absolute Gasteiger partial charge is 0.332 e. The number of hydrogen-bond donors (Lipinski definition) is 3. The molecule has 1 fully saturated rings. The van der Waals surface area contributed by atoms with Gasteiger partial charge in [-0.1, -0.05) is 54.1 Å². The topological polar surface area (TPSA) is 95.1 Å². The number of amides is 4. The van der Waals surface area contributed by atoms with Crippen LogP contribution in [0.3, 0.4) is 0 Å². The number of rotatable bonds is 6. The summed E-state index contributed by atoms with van der Waals surface area (Å²) in [6, 6.07) is 15.6. The zero-order valence-electron chi connectivity index (χ0n) is 15.6. The largest absolute Gasteiger partial charge is 0.344 e. The normalized spacial score (nSPS) is 20.0. The van der Waals surface area contributed by atoms with E-state index in [0.717, 1.165) is 10.6 Å². The maximum absolute atomic E-state index is 12.8. The molecule has 146 valence electrons. The van der Waals surface area contributed by atoms with Gasteiger partial charge in [0, 0.05) is 10.6 Å². The van der Waals surface area contributed by atoms with Crippen molar-refractivity contribution in [2.24, 2.45) is 0 Å². The van der Waals surface area contributed by atoms with Gasteiger partial charge in [-0.05, 0) is 31.5 Å². The third-order valence-electron chi connectivity index (χ3n) is 4.83. The van der Waals surface area contributed by atoms with Gasteiger partial charge in [0.05, 0.1) is 0 Å². The summed E-state index contributed by atoms with van der Waals surface area (Å²) in [7, 11) is 0. The second kappa shape index (κ2) is 8.00. The molecule has 0 spiro atoms. The summed E-state index contributed by atoms with van der Waals surface area (Å²) < 4.78 is 0. The first-order chi connectivity index (χ1) is 13.3. The molecule has 4 N–H and O–H groups in total. The molecule has 2 aromatic rings. The first-order valence-corrected chi connectivity index (χ1v) is 9.29. The number of hydrazine groups is 1. The maximum atomic E-state index is 12.8. The van der Waals surface area contributed by atoms with E-state index in [1.807, 2.05) is 30.4 Å². The van der Waals surface area contributed by atoms with E-state index in [-0.39, 0.29) is 12.6 Å². The predicted octanol–water partition coefficient (Wildman–Crippen LogP) is 1.46. The van der Waals surface area contributed by atoms with Crippen molar-refractivity contribution in [3.05, 3.63) is 70.7 Å². The summed E-state index contributed by atoms with van der Waals surface area (Å²) >= 11 is 5.88. The number of hydrogen-bond acceptors (Lipinski definition) is 3. The molecule has 28 heavy (non-hydrogen) atoms. The minimum absolute atomic E-state index is 0.0145. The molecule has 1 aliphatic rings. The standard InChI is InChI=1S/C20H21ClN4O3/c1-13(14-8-10-16(21)11-9-14)22-12-17(26)24-25-18(27)20(2,23-19(25)28)15-6-4-3-5-7-15/h3-11,13,22H,12H2,1-2H3,(H,23,28)(H,24,26)/p+1/t13-,20+/m0/s1. The molecule has 2 aromatic carbocycles. The van der Waals surface area contributed by atoms with Gasteiger partial charge in [-0.15, -0.1) is 0 Å². The number of nitrogens with one attached hydrogen (secondary N) is 2. The van der Waals surface area contributed by atoms with E-state index in [2.05, 4.69) is 10.7 Å². The van der Waals surface area contributed by atoms with Gasteiger partial charge in [-0.2, -0.15) is 5.01 Å². The van der Waals surface area contributed by atoms with Crippen molar-refractivity contribution in [2.75, 3.05) is 6.54 Å². The Bertz CT molecular complexity index is 888. The van der Waals surface area contributed by atoms with Gasteiger partial charge in [0.1, 0.15) is 11.6 Å². The molecular weight excluding hydrogens is 380 g/mol. The van der Waals surface area contributed by atoms with E-state index in [9.17, 15) is 14.4 Å². The molecule has 0 aromatic heterocycles. The molecule has 7 nitrogen and oxygen atoms in total. The molecule has 0 bridgehead atoms. The number of carbonyl (C=O) groups excluding carboxylic acids is 3. The number of quaternary nitrogens is 1.